The SMILES string of the molecule is CCC(=O)N1CC(Oc2cc3c(Nc4ccc(Oc5ccnc(-c6cnn(C)c6)c5)cc4F)ncnc3cc2OC)C1. The normalized spacial score (nSPS) is 13.1. The first kappa shape index (κ1) is 26.9. The molecule has 0 spiro atoms. The molecule has 214 valence electrons. The summed E-state index contributed by atoms with van der Waals surface area (Å²) in [4.78, 5) is 26.7. The summed E-state index contributed by atoms with van der Waals surface area (Å²) in [6.45, 7) is 2.85. The average molecular weight is 570 g/mol. The van der Waals surface area contributed by atoms with Crippen molar-refractivity contribution in [3.8, 4) is 34.3 Å². The fourth-order valence-corrected chi connectivity index (χ4v) is 4.65. The van der Waals surface area contributed by atoms with Crippen LogP contribution in [0.25, 0.3) is 22.2 Å². The highest BCUT2D eigenvalue weighted by molar-refractivity contribution is 5.93. The number of hydrogen-bond donors (Lipinski definition) is 1. The minimum absolute atomic E-state index is 0.0916. The van der Waals surface area contributed by atoms with Crippen molar-refractivity contribution in [2.45, 2.75) is 19.4 Å². The molecule has 2 aromatic carbocycles. The van der Waals surface area contributed by atoms with E-state index >= 15 is 4.39 Å². The number of methoxy groups -OCH3 is 1. The minimum Gasteiger partial charge on any atom is -0.493 e. The second kappa shape index (κ2) is 11.3. The monoisotopic (exact) mass is 569 g/mol. The van der Waals surface area contributed by atoms with Gasteiger partial charge in [0, 0.05) is 55.0 Å². The molecule has 0 bridgehead atoms. The summed E-state index contributed by atoms with van der Waals surface area (Å²) in [5, 5.41) is 7.85. The maximum atomic E-state index is 15.3. The summed E-state index contributed by atoms with van der Waals surface area (Å²) >= 11 is 0. The lowest BCUT2D eigenvalue weighted by Gasteiger charge is -2.39. The molecule has 1 N–H and O–H groups in total. The Morgan fingerprint density at radius 3 is 2.64 bits per heavy atom. The smallest absolute Gasteiger partial charge is 0.222 e. The van der Waals surface area contributed by atoms with Crippen molar-refractivity contribution in [2.24, 2.45) is 7.05 Å². The van der Waals surface area contributed by atoms with Gasteiger partial charge in [0.1, 0.15) is 35.6 Å². The Labute approximate surface area is 240 Å². The van der Waals surface area contributed by atoms with Crippen LogP contribution in [0.5, 0.6) is 23.0 Å². The number of benzene rings is 2. The number of halogens is 1. The number of likely N-dealkylation sites (tertiary alicyclic amines) is 1. The minimum atomic E-state index is -0.527. The van der Waals surface area contributed by atoms with Gasteiger partial charge in [0.05, 0.1) is 43.3 Å². The molecule has 42 heavy (non-hydrogen) atoms. The molecule has 4 heterocycles. The number of amides is 1. The molecule has 11 nitrogen and oxygen atoms in total. The Hall–Kier alpha value is -5.26. The van der Waals surface area contributed by atoms with E-state index in [1.807, 2.05) is 20.2 Å². The van der Waals surface area contributed by atoms with Crippen molar-refractivity contribution in [2.75, 3.05) is 25.5 Å². The Morgan fingerprint density at radius 1 is 1.07 bits per heavy atom. The summed E-state index contributed by atoms with van der Waals surface area (Å²) in [5.41, 5.74) is 2.34. The second-order valence-corrected chi connectivity index (χ2v) is 9.78. The van der Waals surface area contributed by atoms with Crippen molar-refractivity contribution < 1.29 is 23.4 Å². The van der Waals surface area contributed by atoms with Gasteiger partial charge in [-0.3, -0.25) is 14.5 Å². The van der Waals surface area contributed by atoms with E-state index in [-0.39, 0.29) is 17.7 Å². The molecule has 0 unspecified atom stereocenters. The van der Waals surface area contributed by atoms with E-state index in [2.05, 4.69) is 25.4 Å². The third-order valence-corrected chi connectivity index (χ3v) is 6.88. The average Bonchev–Trinajstić information content (AvgIpc) is 3.42. The molecule has 0 radical (unpaired) electrons. The predicted octanol–water partition coefficient (Wildman–Crippen LogP) is 5.11. The first-order chi connectivity index (χ1) is 20.4. The zero-order valence-electron chi connectivity index (χ0n) is 23.2. The number of carbonyl (C=O) groups is 1. The first-order valence-corrected chi connectivity index (χ1v) is 13.4. The van der Waals surface area contributed by atoms with Crippen LogP contribution >= 0.6 is 0 Å². The number of aromatic nitrogens is 5. The third kappa shape index (κ3) is 5.51. The van der Waals surface area contributed by atoms with Crippen molar-refractivity contribution in [3.05, 3.63) is 73.2 Å². The number of anilines is 2. The van der Waals surface area contributed by atoms with Crippen LogP contribution in [-0.4, -0.2) is 61.8 Å². The highest BCUT2D eigenvalue weighted by Crippen LogP contribution is 2.37. The topological polar surface area (TPSA) is 117 Å². The highest BCUT2D eigenvalue weighted by Gasteiger charge is 2.32. The van der Waals surface area contributed by atoms with Crippen molar-refractivity contribution in [3.63, 3.8) is 0 Å². The van der Waals surface area contributed by atoms with Crippen molar-refractivity contribution in [1.82, 2.24) is 29.6 Å². The van der Waals surface area contributed by atoms with Gasteiger partial charge in [0.15, 0.2) is 11.5 Å². The molecule has 1 aliphatic rings. The van der Waals surface area contributed by atoms with Gasteiger partial charge >= 0.3 is 0 Å². The van der Waals surface area contributed by atoms with Crippen LogP contribution in [0.3, 0.4) is 0 Å². The van der Waals surface area contributed by atoms with Crippen molar-refractivity contribution in [1.29, 1.82) is 0 Å². The van der Waals surface area contributed by atoms with Gasteiger partial charge in [-0.15, -0.1) is 0 Å². The number of ether oxygens (including phenoxy) is 3. The third-order valence-electron chi connectivity index (χ3n) is 6.88. The standard InChI is InChI=1S/C30H28FN7O4/c1-4-29(39)38-15-21(16-38)42-28-11-22-26(12-27(28)40-3)33-17-34-30(22)36-24-6-5-19(9-23(24)31)41-20-7-8-32-25(10-20)18-13-35-37(2)14-18/h5-14,17,21H,4,15-16H2,1-3H3,(H,33,34,36). The van der Waals surface area contributed by atoms with Gasteiger partial charge in [-0.1, -0.05) is 6.92 Å². The maximum Gasteiger partial charge on any atom is 0.222 e. The van der Waals surface area contributed by atoms with E-state index in [0.717, 1.165) is 5.56 Å². The first-order valence-electron chi connectivity index (χ1n) is 13.4. The zero-order valence-corrected chi connectivity index (χ0v) is 23.2. The molecular formula is C30H28FN7O4. The second-order valence-electron chi connectivity index (χ2n) is 9.78. The van der Waals surface area contributed by atoms with E-state index in [1.165, 1.54) is 12.4 Å². The highest BCUT2D eigenvalue weighted by atomic mass is 19.1. The van der Waals surface area contributed by atoms with Gasteiger partial charge in [-0.2, -0.15) is 5.10 Å². The Kier molecular flexibility index (Phi) is 7.26. The van der Waals surface area contributed by atoms with Crippen LogP contribution in [0, 0.1) is 5.82 Å². The molecule has 12 heteroatoms. The predicted molar refractivity (Wildman–Crippen MR) is 154 cm³/mol. The Bertz CT molecular complexity index is 1770. The number of carbonyl (C=O) groups excluding carboxylic acids is 1. The number of pyridine rings is 1. The zero-order chi connectivity index (χ0) is 29.2. The van der Waals surface area contributed by atoms with Gasteiger partial charge in [-0.25, -0.2) is 14.4 Å². The molecule has 0 saturated carbocycles. The fraction of sp³-hybridized carbons (Fsp3) is 0.233. The van der Waals surface area contributed by atoms with Gasteiger partial charge in [-0.05, 0) is 24.3 Å². The van der Waals surface area contributed by atoms with E-state index in [4.69, 9.17) is 14.2 Å². The molecule has 5 aromatic rings. The van der Waals surface area contributed by atoms with E-state index in [0.29, 0.717) is 64.9 Å². The van der Waals surface area contributed by atoms with Gasteiger partial charge in [0.25, 0.3) is 0 Å². The van der Waals surface area contributed by atoms with Crippen LogP contribution < -0.4 is 19.5 Å². The number of nitrogens with one attached hydrogen (secondary N) is 1. The molecule has 1 aliphatic heterocycles. The molecule has 1 fully saturated rings. The summed E-state index contributed by atoms with van der Waals surface area (Å²) in [7, 11) is 3.38. The lowest BCUT2D eigenvalue weighted by Crippen LogP contribution is -2.56. The number of fused-ring (bicyclic) bond motifs is 1. The van der Waals surface area contributed by atoms with Crippen LogP contribution in [-0.2, 0) is 11.8 Å². The van der Waals surface area contributed by atoms with E-state index in [9.17, 15) is 4.79 Å². The van der Waals surface area contributed by atoms with Crippen molar-refractivity contribution >= 4 is 28.3 Å². The Balaban J connectivity index is 1.20. The van der Waals surface area contributed by atoms with Gasteiger partial charge in [0.2, 0.25) is 5.91 Å². The molecule has 3 aromatic heterocycles. The number of rotatable bonds is 9. The maximum absolute atomic E-state index is 15.3. The summed E-state index contributed by atoms with van der Waals surface area (Å²) in [6, 6.07) is 11.5. The van der Waals surface area contributed by atoms with Gasteiger partial charge < -0.3 is 24.4 Å². The van der Waals surface area contributed by atoms with E-state index < -0.39 is 5.82 Å². The number of hydrogen-bond acceptors (Lipinski definition) is 9. The molecule has 1 saturated heterocycles. The lowest BCUT2D eigenvalue weighted by molar-refractivity contribution is -0.139. The van der Waals surface area contributed by atoms with Crippen LogP contribution in [0.2, 0.25) is 0 Å². The Morgan fingerprint density at radius 2 is 1.90 bits per heavy atom. The fourth-order valence-electron chi connectivity index (χ4n) is 4.65. The summed E-state index contributed by atoms with van der Waals surface area (Å²) in [6.07, 6.45) is 6.89. The molecule has 0 atom stereocenters. The summed E-state index contributed by atoms with van der Waals surface area (Å²) in [5.74, 6) is 1.79. The largest absolute Gasteiger partial charge is 0.493 e. The molecular weight excluding hydrogens is 541 g/mol. The summed E-state index contributed by atoms with van der Waals surface area (Å²) < 4.78 is 34.5. The van der Waals surface area contributed by atoms with Crippen LogP contribution in [0.4, 0.5) is 15.9 Å². The molecule has 6 rings (SSSR count). The molecule has 0 aliphatic carbocycles. The molecule has 1 amide bonds. The van der Waals surface area contributed by atoms with Crippen LogP contribution in [0.1, 0.15) is 13.3 Å². The van der Waals surface area contributed by atoms with Crippen LogP contribution in [0.15, 0.2) is 67.4 Å². The number of nitrogens with zero attached hydrogens (tertiary/aromatic N) is 6. The lowest BCUT2D eigenvalue weighted by atomic mass is 10.1. The number of aryl methyl sites for hydroxylation is 1. The van der Waals surface area contributed by atoms with E-state index in [1.54, 1.807) is 65.5 Å². The quantitative estimate of drug-likeness (QED) is 0.259.